The highest BCUT2D eigenvalue weighted by Crippen LogP contribution is 2.28. The summed E-state index contributed by atoms with van der Waals surface area (Å²) in [7, 11) is 0. The number of carbonyl (C=O) groups is 2. The van der Waals surface area contributed by atoms with Crippen molar-refractivity contribution in [1.82, 2.24) is 9.88 Å². The van der Waals surface area contributed by atoms with E-state index in [1.165, 1.54) is 5.57 Å². The third-order valence-corrected chi connectivity index (χ3v) is 6.04. The highest BCUT2D eigenvalue weighted by Gasteiger charge is 2.21. The summed E-state index contributed by atoms with van der Waals surface area (Å²) in [6.45, 7) is 1.47. The van der Waals surface area contributed by atoms with Gasteiger partial charge in [0.05, 0.1) is 0 Å². The normalized spacial score (nSPS) is 22.4. The van der Waals surface area contributed by atoms with E-state index >= 15 is 0 Å². The van der Waals surface area contributed by atoms with Crippen molar-refractivity contribution in [3.8, 4) is 0 Å². The zero-order valence-electron chi connectivity index (χ0n) is 15.1. The third-order valence-electron chi connectivity index (χ3n) is 4.96. The molecule has 140 valence electrons. The first-order chi connectivity index (χ1) is 13.2. The summed E-state index contributed by atoms with van der Waals surface area (Å²) in [6, 6.07) is 1.99. The molecule has 1 N–H and O–H groups in total. The molecule has 3 aliphatic heterocycles. The maximum atomic E-state index is 12.6. The molecular weight excluding hydrogens is 360 g/mol. The first-order valence-corrected chi connectivity index (χ1v) is 10.3. The fraction of sp³-hybridized carbons (Fsp3) is 0.400. The number of pyridine rings is 1. The SMILES string of the molecule is O=C1CCc2cc(C=CC(=O)N3CCC=C(C4N=CCS4)CC3)cnc2N1. The summed E-state index contributed by atoms with van der Waals surface area (Å²) in [4.78, 5) is 34.7. The summed E-state index contributed by atoms with van der Waals surface area (Å²) in [6.07, 6.45) is 12.3. The van der Waals surface area contributed by atoms with Gasteiger partial charge in [-0.3, -0.25) is 14.6 Å². The lowest BCUT2D eigenvalue weighted by atomic mass is 10.0. The van der Waals surface area contributed by atoms with Crippen LogP contribution in [-0.4, -0.2) is 52.1 Å². The minimum atomic E-state index is 0.00399. The molecule has 0 spiro atoms. The van der Waals surface area contributed by atoms with Crippen LogP contribution in [0.2, 0.25) is 0 Å². The number of nitrogens with one attached hydrogen (secondary N) is 1. The van der Waals surface area contributed by atoms with E-state index in [2.05, 4.69) is 21.4 Å². The fourth-order valence-electron chi connectivity index (χ4n) is 3.49. The largest absolute Gasteiger partial charge is 0.339 e. The van der Waals surface area contributed by atoms with Gasteiger partial charge in [0.1, 0.15) is 11.2 Å². The molecule has 6 nitrogen and oxygen atoms in total. The number of amides is 2. The standard InChI is InChI=1S/C20H22N4O2S/c25-17-5-4-16-12-14(13-22-19(16)23-17)3-6-18(26)24-9-1-2-15(7-10-24)20-21-8-11-27-20/h2-3,6,8,12-13,20H,1,4-5,7,9-11H2,(H,22,23,25). The number of rotatable bonds is 3. The number of aliphatic imine (C=N–C) groups is 1. The summed E-state index contributed by atoms with van der Waals surface area (Å²) in [5, 5.41) is 3.02. The molecular formula is C20H22N4O2S. The summed E-state index contributed by atoms with van der Waals surface area (Å²) >= 11 is 1.85. The van der Waals surface area contributed by atoms with Crippen LogP contribution < -0.4 is 5.32 Å². The van der Waals surface area contributed by atoms with Gasteiger partial charge in [-0.25, -0.2) is 4.98 Å². The number of fused-ring (bicyclic) bond motifs is 1. The molecule has 0 radical (unpaired) electrons. The van der Waals surface area contributed by atoms with E-state index in [-0.39, 0.29) is 17.2 Å². The predicted molar refractivity (Wildman–Crippen MR) is 109 cm³/mol. The number of carbonyl (C=O) groups excluding carboxylic acids is 2. The molecule has 7 heteroatoms. The zero-order valence-corrected chi connectivity index (χ0v) is 15.9. The minimum Gasteiger partial charge on any atom is -0.339 e. The van der Waals surface area contributed by atoms with Gasteiger partial charge in [0.15, 0.2) is 0 Å². The van der Waals surface area contributed by atoms with Crippen molar-refractivity contribution in [3.05, 3.63) is 41.1 Å². The smallest absolute Gasteiger partial charge is 0.246 e. The van der Waals surface area contributed by atoms with Crippen molar-refractivity contribution < 1.29 is 9.59 Å². The average molecular weight is 382 g/mol. The number of hydrogen-bond donors (Lipinski definition) is 1. The molecule has 1 aromatic heterocycles. The van der Waals surface area contributed by atoms with Crippen molar-refractivity contribution in [2.75, 3.05) is 24.2 Å². The maximum absolute atomic E-state index is 12.6. The zero-order chi connectivity index (χ0) is 18.6. The van der Waals surface area contributed by atoms with Crippen molar-refractivity contribution in [1.29, 1.82) is 0 Å². The Kier molecular flexibility index (Phi) is 5.38. The third kappa shape index (κ3) is 4.30. The molecule has 4 heterocycles. The van der Waals surface area contributed by atoms with Crippen LogP contribution in [0.15, 0.2) is 35.0 Å². The van der Waals surface area contributed by atoms with Crippen LogP contribution in [0.1, 0.15) is 30.4 Å². The minimum absolute atomic E-state index is 0.00399. The first-order valence-electron chi connectivity index (χ1n) is 9.27. The van der Waals surface area contributed by atoms with E-state index in [1.807, 2.05) is 35.0 Å². The van der Waals surface area contributed by atoms with E-state index in [0.29, 0.717) is 18.7 Å². The topological polar surface area (TPSA) is 74.7 Å². The maximum Gasteiger partial charge on any atom is 0.246 e. The number of anilines is 1. The molecule has 0 saturated heterocycles. The molecule has 0 aromatic carbocycles. The highest BCUT2D eigenvalue weighted by molar-refractivity contribution is 8.01. The average Bonchev–Trinajstić information content (AvgIpc) is 3.10. The molecule has 27 heavy (non-hydrogen) atoms. The van der Waals surface area contributed by atoms with Gasteiger partial charge < -0.3 is 10.2 Å². The Morgan fingerprint density at radius 1 is 1.30 bits per heavy atom. The monoisotopic (exact) mass is 382 g/mol. The van der Waals surface area contributed by atoms with E-state index in [0.717, 1.165) is 42.8 Å². The van der Waals surface area contributed by atoms with Gasteiger partial charge >= 0.3 is 0 Å². The Bertz CT molecular complexity index is 846. The Morgan fingerprint density at radius 3 is 3.07 bits per heavy atom. The van der Waals surface area contributed by atoms with Crippen molar-refractivity contribution in [2.45, 2.75) is 31.1 Å². The fourth-order valence-corrected chi connectivity index (χ4v) is 4.44. The van der Waals surface area contributed by atoms with Gasteiger partial charge in [0.25, 0.3) is 0 Å². The molecule has 0 bridgehead atoms. The lowest BCUT2D eigenvalue weighted by Gasteiger charge is -2.19. The molecule has 3 aliphatic rings. The van der Waals surface area contributed by atoms with Crippen LogP contribution in [0, 0.1) is 0 Å². The van der Waals surface area contributed by atoms with Crippen LogP contribution in [-0.2, 0) is 16.0 Å². The number of aryl methyl sites for hydroxylation is 1. The molecule has 0 aliphatic carbocycles. The lowest BCUT2D eigenvalue weighted by Crippen LogP contribution is -2.30. The van der Waals surface area contributed by atoms with Gasteiger partial charge in [0.2, 0.25) is 11.8 Å². The second-order valence-corrected chi connectivity index (χ2v) is 7.93. The van der Waals surface area contributed by atoms with Crippen molar-refractivity contribution in [2.24, 2.45) is 4.99 Å². The number of thioether (sulfide) groups is 1. The summed E-state index contributed by atoms with van der Waals surface area (Å²) in [5.74, 6) is 1.64. The van der Waals surface area contributed by atoms with Crippen molar-refractivity contribution in [3.63, 3.8) is 0 Å². The van der Waals surface area contributed by atoms with E-state index in [4.69, 9.17) is 0 Å². The second kappa shape index (κ2) is 8.08. The Labute approximate surface area is 162 Å². The van der Waals surface area contributed by atoms with Gasteiger partial charge in [-0.2, -0.15) is 0 Å². The van der Waals surface area contributed by atoms with Gasteiger partial charge in [-0.1, -0.05) is 6.08 Å². The van der Waals surface area contributed by atoms with Crippen LogP contribution in [0.3, 0.4) is 0 Å². The molecule has 2 amide bonds. The molecule has 4 rings (SSSR count). The van der Waals surface area contributed by atoms with Crippen LogP contribution in [0.25, 0.3) is 6.08 Å². The molecule has 1 atom stereocenters. The number of hydrogen-bond acceptors (Lipinski definition) is 5. The van der Waals surface area contributed by atoms with Crippen LogP contribution in [0.4, 0.5) is 5.82 Å². The second-order valence-electron chi connectivity index (χ2n) is 6.82. The van der Waals surface area contributed by atoms with Gasteiger partial charge in [-0.05, 0) is 48.1 Å². The molecule has 1 aromatic rings. The Balaban J connectivity index is 1.36. The summed E-state index contributed by atoms with van der Waals surface area (Å²) in [5.41, 5.74) is 3.24. The molecule has 0 saturated carbocycles. The Hall–Kier alpha value is -2.41. The van der Waals surface area contributed by atoms with E-state index in [1.54, 1.807) is 12.3 Å². The molecule has 0 fully saturated rings. The quantitative estimate of drug-likeness (QED) is 0.644. The van der Waals surface area contributed by atoms with Crippen LogP contribution >= 0.6 is 11.8 Å². The van der Waals surface area contributed by atoms with Crippen LogP contribution in [0.5, 0.6) is 0 Å². The molecule has 1 unspecified atom stereocenters. The Morgan fingerprint density at radius 2 is 2.22 bits per heavy atom. The summed E-state index contributed by atoms with van der Waals surface area (Å²) < 4.78 is 0. The highest BCUT2D eigenvalue weighted by atomic mass is 32.2. The number of nitrogens with zero attached hydrogens (tertiary/aromatic N) is 3. The van der Waals surface area contributed by atoms with Gasteiger partial charge in [0, 0.05) is 43.8 Å². The van der Waals surface area contributed by atoms with E-state index < -0.39 is 0 Å². The number of aromatic nitrogens is 1. The van der Waals surface area contributed by atoms with E-state index in [9.17, 15) is 9.59 Å². The lowest BCUT2D eigenvalue weighted by molar-refractivity contribution is -0.125. The van der Waals surface area contributed by atoms with Gasteiger partial charge in [-0.15, -0.1) is 11.8 Å². The first kappa shape index (κ1) is 18.0. The predicted octanol–water partition coefficient (Wildman–Crippen LogP) is 2.67. The van der Waals surface area contributed by atoms with Crippen molar-refractivity contribution >= 4 is 41.7 Å².